The van der Waals surface area contributed by atoms with Crippen LogP contribution >= 0.6 is 0 Å². The molecular formula is C25H33N5O8. The van der Waals surface area contributed by atoms with Crippen molar-refractivity contribution in [2.45, 2.75) is 69.3 Å². The fourth-order valence-electron chi connectivity index (χ4n) is 4.36. The number of carboxylic acid groups (broad SMARTS) is 2. The number of amides is 3. The number of H-pyrrole nitrogens is 1. The van der Waals surface area contributed by atoms with Gasteiger partial charge in [0.2, 0.25) is 17.7 Å². The van der Waals surface area contributed by atoms with E-state index in [1.807, 2.05) is 18.2 Å². The maximum Gasteiger partial charge on any atom is 0.328 e. The van der Waals surface area contributed by atoms with Gasteiger partial charge in [0, 0.05) is 29.9 Å². The van der Waals surface area contributed by atoms with E-state index in [0.717, 1.165) is 17.3 Å². The van der Waals surface area contributed by atoms with Gasteiger partial charge in [0.25, 0.3) is 0 Å². The van der Waals surface area contributed by atoms with Crippen molar-refractivity contribution >= 4 is 40.6 Å². The molecule has 3 amide bonds. The van der Waals surface area contributed by atoms with Crippen LogP contribution in [0.5, 0.6) is 0 Å². The smallest absolute Gasteiger partial charge is 0.328 e. The fourth-order valence-corrected chi connectivity index (χ4v) is 4.36. The van der Waals surface area contributed by atoms with Crippen molar-refractivity contribution < 1.29 is 39.3 Å². The Kier molecular flexibility index (Phi) is 9.79. The number of para-hydroxylation sites is 1. The third-order valence-electron chi connectivity index (χ3n) is 6.43. The number of fused-ring (bicyclic) bond motifs is 1. The largest absolute Gasteiger partial charge is 0.481 e. The van der Waals surface area contributed by atoms with Gasteiger partial charge >= 0.3 is 11.9 Å². The van der Waals surface area contributed by atoms with Crippen molar-refractivity contribution in [2.24, 2.45) is 0 Å². The summed E-state index contributed by atoms with van der Waals surface area (Å²) in [6.45, 7) is 1.85. The molecule has 2 heterocycles. The second-order valence-electron chi connectivity index (χ2n) is 9.33. The first-order valence-electron chi connectivity index (χ1n) is 12.4. The first kappa shape index (κ1) is 28.6. The molecule has 5 unspecified atom stereocenters. The number of carbonyl (C=O) groups is 5. The standard InChI is InChI=1S/C25H33N5O8/c1-13(31)21(25(37)38)30-24(36)19(11-14-12-27-16-6-3-2-5-15(14)16)29-23(35)18(8-9-20(32)33)28-22(34)17-7-4-10-26-17/h2-3,5-6,12-13,17-19,21,26-27,31H,4,7-11H2,1H3,(H,28,34)(H,29,35)(H,30,36)(H,32,33)(H,37,38). The summed E-state index contributed by atoms with van der Waals surface area (Å²) < 4.78 is 0. The highest BCUT2D eigenvalue weighted by atomic mass is 16.4. The lowest BCUT2D eigenvalue weighted by molar-refractivity contribution is -0.145. The van der Waals surface area contributed by atoms with E-state index < -0.39 is 66.4 Å². The van der Waals surface area contributed by atoms with Crippen LogP contribution in [0, 0.1) is 0 Å². The van der Waals surface area contributed by atoms with Crippen molar-refractivity contribution in [1.82, 2.24) is 26.3 Å². The van der Waals surface area contributed by atoms with E-state index in [2.05, 4.69) is 26.3 Å². The van der Waals surface area contributed by atoms with Crippen LogP contribution in [0.15, 0.2) is 30.5 Å². The molecule has 5 atom stereocenters. The van der Waals surface area contributed by atoms with Gasteiger partial charge in [-0.1, -0.05) is 18.2 Å². The summed E-state index contributed by atoms with van der Waals surface area (Å²) in [6, 6.07) is 2.60. The highest BCUT2D eigenvalue weighted by Gasteiger charge is 2.33. The minimum absolute atomic E-state index is 0.0441. The maximum absolute atomic E-state index is 13.3. The number of hydrogen-bond donors (Lipinski definition) is 8. The lowest BCUT2D eigenvalue weighted by Crippen LogP contribution is -2.58. The monoisotopic (exact) mass is 531 g/mol. The minimum atomic E-state index is -1.62. The zero-order chi connectivity index (χ0) is 27.8. The highest BCUT2D eigenvalue weighted by Crippen LogP contribution is 2.19. The van der Waals surface area contributed by atoms with E-state index in [-0.39, 0.29) is 12.8 Å². The van der Waals surface area contributed by atoms with Crippen molar-refractivity contribution in [2.75, 3.05) is 6.54 Å². The Morgan fingerprint density at radius 2 is 1.74 bits per heavy atom. The minimum Gasteiger partial charge on any atom is -0.481 e. The predicted octanol–water partition coefficient (Wildman–Crippen LogP) is -0.753. The van der Waals surface area contributed by atoms with E-state index in [1.54, 1.807) is 12.3 Å². The summed E-state index contributed by atoms with van der Waals surface area (Å²) in [5.41, 5.74) is 1.45. The molecule has 1 aromatic carbocycles. The summed E-state index contributed by atoms with van der Waals surface area (Å²) >= 11 is 0. The molecule has 2 aromatic rings. The molecule has 0 aliphatic carbocycles. The Labute approximate surface area is 218 Å². The Hall–Kier alpha value is -3.97. The average molecular weight is 532 g/mol. The number of nitrogens with one attached hydrogen (secondary N) is 5. The van der Waals surface area contributed by atoms with Gasteiger partial charge in [-0.2, -0.15) is 0 Å². The van der Waals surface area contributed by atoms with Crippen LogP contribution in [-0.4, -0.2) is 86.8 Å². The normalized spacial score (nSPS) is 18.2. The van der Waals surface area contributed by atoms with Crippen molar-refractivity contribution in [1.29, 1.82) is 0 Å². The molecule has 0 saturated carbocycles. The average Bonchev–Trinajstić information content (AvgIpc) is 3.54. The number of carbonyl (C=O) groups excluding carboxylic acids is 3. The van der Waals surface area contributed by atoms with E-state index in [4.69, 9.17) is 5.11 Å². The quantitative estimate of drug-likeness (QED) is 0.163. The maximum atomic E-state index is 13.3. The first-order valence-corrected chi connectivity index (χ1v) is 12.4. The Bertz CT molecular complexity index is 1170. The highest BCUT2D eigenvalue weighted by molar-refractivity contribution is 5.95. The van der Waals surface area contributed by atoms with E-state index in [9.17, 15) is 34.2 Å². The van der Waals surface area contributed by atoms with Gasteiger partial charge in [0.05, 0.1) is 12.1 Å². The predicted molar refractivity (Wildman–Crippen MR) is 135 cm³/mol. The molecule has 3 rings (SSSR count). The molecule has 0 radical (unpaired) electrons. The van der Waals surface area contributed by atoms with E-state index >= 15 is 0 Å². The summed E-state index contributed by atoms with van der Waals surface area (Å²) in [5, 5.41) is 39.5. The number of benzene rings is 1. The van der Waals surface area contributed by atoms with Crippen LogP contribution in [-0.2, 0) is 30.4 Å². The van der Waals surface area contributed by atoms with Crippen LogP contribution in [0.4, 0.5) is 0 Å². The summed E-state index contributed by atoms with van der Waals surface area (Å²) in [6.07, 6.45) is 0.937. The number of carboxylic acids is 2. The summed E-state index contributed by atoms with van der Waals surface area (Å²) in [7, 11) is 0. The first-order chi connectivity index (χ1) is 18.1. The lowest BCUT2D eigenvalue weighted by atomic mass is 10.0. The van der Waals surface area contributed by atoms with Crippen LogP contribution in [0.3, 0.4) is 0 Å². The van der Waals surface area contributed by atoms with Crippen LogP contribution in [0.1, 0.15) is 38.2 Å². The molecular weight excluding hydrogens is 498 g/mol. The van der Waals surface area contributed by atoms with Crippen molar-refractivity contribution in [3.63, 3.8) is 0 Å². The van der Waals surface area contributed by atoms with Gasteiger partial charge in [-0.05, 0) is 44.4 Å². The molecule has 1 aliphatic heterocycles. The number of rotatable bonds is 13. The molecule has 8 N–H and O–H groups in total. The van der Waals surface area contributed by atoms with Crippen LogP contribution < -0.4 is 21.3 Å². The zero-order valence-corrected chi connectivity index (χ0v) is 20.9. The number of aliphatic hydroxyl groups excluding tert-OH is 1. The third kappa shape index (κ3) is 7.52. The topological polar surface area (TPSA) is 210 Å². The van der Waals surface area contributed by atoms with Gasteiger partial charge in [-0.15, -0.1) is 0 Å². The number of aromatic nitrogens is 1. The molecule has 1 aliphatic rings. The molecule has 0 spiro atoms. The lowest BCUT2D eigenvalue weighted by Gasteiger charge is -2.25. The van der Waals surface area contributed by atoms with Gasteiger partial charge in [0.1, 0.15) is 12.1 Å². The number of hydrogen-bond acceptors (Lipinski definition) is 7. The summed E-state index contributed by atoms with van der Waals surface area (Å²) in [4.78, 5) is 64.9. The van der Waals surface area contributed by atoms with Crippen molar-refractivity contribution in [3.8, 4) is 0 Å². The fraction of sp³-hybridized carbons (Fsp3) is 0.480. The molecule has 38 heavy (non-hydrogen) atoms. The number of aliphatic carboxylic acids is 2. The zero-order valence-electron chi connectivity index (χ0n) is 20.9. The van der Waals surface area contributed by atoms with Gasteiger partial charge in [-0.3, -0.25) is 19.2 Å². The Morgan fingerprint density at radius 1 is 1.03 bits per heavy atom. The molecule has 13 heteroatoms. The second-order valence-corrected chi connectivity index (χ2v) is 9.33. The van der Waals surface area contributed by atoms with Crippen LogP contribution in [0.25, 0.3) is 10.9 Å². The molecule has 206 valence electrons. The van der Waals surface area contributed by atoms with Crippen LogP contribution in [0.2, 0.25) is 0 Å². The van der Waals surface area contributed by atoms with Gasteiger partial charge < -0.3 is 41.6 Å². The Morgan fingerprint density at radius 3 is 2.37 bits per heavy atom. The van der Waals surface area contributed by atoms with Gasteiger partial charge in [-0.25, -0.2) is 4.79 Å². The van der Waals surface area contributed by atoms with E-state index in [1.165, 1.54) is 6.92 Å². The second kappa shape index (κ2) is 13.0. The summed E-state index contributed by atoms with van der Waals surface area (Å²) in [5.74, 6) is -4.73. The molecule has 13 nitrogen and oxygen atoms in total. The third-order valence-corrected chi connectivity index (χ3v) is 6.43. The Balaban J connectivity index is 1.84. The SMILES string of the molecule is CC(O)C(NC(=O)C(Cc1c[nH]c2ccccc12)NC(=O)C(CCC(=O)O)NC(=O)C1CCCN1)C(=O)O. The molecule has 1 saturated heterocycles. The van der Waals surface area contributed by atoms with E-state index in [0.29, 0.717) is 18.5 Å². The number of aromatic amines is 1. The number of aliphatic hydroxyl groups is 1. The van der Waals surface area contributed by atoms with Crippen molar-refractivity contribution in [3.05, 3.63) is 36.0 Å². The molecule has 0 bridgehead atoms. The molecule has 1 fully saturated rings. The molecule has 1 aromatic heterocycles. The van der Waals surface area contributed by atoms with Gasteiger partial charge in [0.15, 0.2) is 6.04 Å².